The second-order valence-corrected chi connectivity index (χ2v) is 6.70. The third-order valence-corrected chi connectivity index (χ3v) is 4.85. The molecule has 0 atom stereocenters. The molecule has 0 saturated heterocycles. The van der Waals surface area contributed by atoms with Gasteiger partial charge in [0.25, 0.3) is 0 Å². The lowest BCUT2D eigenvalue weighted by molar-refractivity contribution is 0.196. The molecule has 0 saturated carbocycles. The van der Waals surface area contributed by atoms with Crippen molar-refractivity contribution in [1.29, 1.82) is 0 Å². The van der Waals surface area contributed by atoms with Crippen LogP contribution in [-0.4, -0.2) is 35.7 Å². The normalized spacial score (nSPS) is 11.8. The second-order valence-electron chi connectivity index (χ2n) is 4.15. The second kappa shape index (κ2) is 8.17. The molecule has 0 radical (unpaired) electrons. The number of benzene rings is 1. The molecule has 0 amide bonds. The first kappa shape index (κ1) is 17.7. The first-order chi connectivity index (χ1) is 9.42. The summed E-state index contributed by atoms with van der Waals surface area (Å²) in [7, 11) is -0.337. The molecule has 0 unspecified atom stereocenters. The third kappa shape index (κ3) is 4.87. The van der Waals surface area contributed by atoms with Crippen molar-refractivity contribution >= 4 is 33.2 Å². The fourth-order valence-electron chi connectivity index (χ4n) is 1.60. The molecule has 0 spiro atoms. The lowest BCUT2D eigenvalue weighted by Gasteiger charge is -2.11. The van der Waals surface area contributed by atoms with Crippen molar-refractivity contribution in [3.63, 3.8) is 0 Å². The molecule has 0 fully saturated rings. The summed E-state index contributed by atoms with van der Waals surface area (Å²) < 4.78 is 31.7. The number of rotatable bonds is 8. The van der Waals surface area contributed by atoms with Gasteiger partial charge in [0.2, 0.25) is 10.0 Å². The highest BCUT2D eigenvalue weighted by Crippen LogP contribution is 2.28. The van der Waals surface area contributed by atoms with Crippen LogP contribution >= 0.6 is 23.2 Å². The Morgan fingerprint density at radius 3 is 2.55 bits per heavy atom. The Morgan fingerprint density at radius 2 is 1.95 bits per heavy atom. The minimum absolute atomic E-state index is 0.0335. The van der Waals surface area contributed by atoms with Crippen molar-refractivity contribution in [2.75, 3.05) is 27.3 Å². The fraction of sp³-hybridized carbons (Fsp3) is 0.500. The highest BCUT2D eigenvalue weighted by Gasteiger charge is 2.19. The average molecular weight is 341 g/mol. The van der Waals surface area contributed by atoms with Gasteiger partial charge in [-0.3, -0.25) is 0 Å². The van der Waals surface area contributed by atoms with Crippen molar-refractivity contribution in [3.8, 4) is 0 Å². The zero-order valence-corrected chi connectivity index (χ0v) is 13.7. The molecule has 0 aliphatic rings. The fourth-order valence-corrected chi connectivity index (χ4v) is 3.54. The monoisotopic (exact) mass is 340 g/mol. The van der Waals surface area contributed by atoms with Crippen LogP contribution in [0.5, 0.6) is 0 Å². The van der Waals surface area contributed by atoms with Gasteiger partial charge in [-0.25, -0.2) is 13.1 Å². The SMILES string of the molecule is CNCc1cc(S(=O)(=O)NCCCOC)c(Cl)cc1Cl. The van der Waals surface area contributed by atoms with Gasteiger partial charge in [0.05, 0.1) is 5.02 Å². The maximum atomic E-state index is 12.2. The van der Waals surface area contributed by atoms with E-state index in [1.54, 1.807) is 14.2 Å². The standard InChI is InChI=1S/C12H18Cl2N2O3S/c1-15-8-9-6-12(11(14)7-10(9)13)20(17,18)16-4-3-5-19-2/h6-7,15-16H,3-5,8H2,1-2H3. The summed E-state index contributed by atoms with van der Waals surface area (Å²) >= 11 is 12.0. The van der Waals surface area contributed by atoms with E-state index in [1.165, 1.54) is 12.1 Å². The average Bonchev–Trinajstić information content (AvgIpc) is 2.38. The third-order valence-electron chi connectivity index (χ3n) is 2.57. The molecular formula is C12H18Cl2N2O3S. The van der Waals surface area contributed by atoms with Crippen LogP contribution in [-0.2, 0) is 21.3 Å². The maximum Gasteiger partial charge on any atom is 0.242 e. The Labute approximate surface area is 129 Å². The molecular weight excluding hydrogens is 323 g/mol. The molecule has 0 aliphatic heterocycles. The summed E-state index contributed by atoms with van der Waals surface area (Å²) in [5.74, 6) is 0. The largest absolute Gasteiger partial charge is 0.385 e. The first-order valence-corrected chi connectivity index (χ1v) is 8.27. The highest BCUT2D eigenvalue weighted by molar-refractivity contribution is 7.89. The molecule has 5 nitrogen and oxygen atoms in total. The Bertz CT molecular complexity index is 550. The highest BCUT2D eigenvalue weighted by atomic mass is 35.5. The number of halogens is 2. The van der Waals surface area contributed by atoms with Gasteiger partial charge in [-0.15, -0.1) is 0 Å². The van der Waals surface area contributed by atoms with E-state index < -0.39 is 10.0 Å². The number of ether oxygens (including phenoxy) is 1. The van der Waals surface area contributed by atoms with Gasteiger partial charge in [0.1, 0.15) is 4.90 Å². The Kier molecular flexibility index (Phi) is 7.22. The van der Waals surface area contributed by atoms with Crippen LogP contribution in [0.1, 0.15) is 12.0 Å². The molecule has 1 aromatic rings. The molecule has 0 aromatic heterocycles. The quantitative estimate of drug-likeness (QED) is 0.710. The van der Waals surface area contributed by atoms with E-state index in [0.29, 0.717) is 30.2 Å². The predicted octanol–water partition coefficient (Wildman–Crippen LogP) is 2.03. The number of hydrogen-bond acceptors (Lipinski definition) is 4. The van der Waals surface area contributed by atoms with E-state index in [0.717, 1.165) is 0 Å². The van der Waals surface area contributed by atoms with Crippen LogP contribution in [0, 0.1) is 0 Å². The summed E-state index contributed by atoms with van der Waals surface area (Å²) in [6, 6.07) is 2.93. The number of sulfonamides is 1. The zero-order chi connectivity index (χ0) is 15.2. The van der Waals surface area contributed by atoms with Gasteiger partial charge in [-0.05, 0) is 31.2 Å². The molecule has 0 aliphatic carbocycles. The van der Waals surface area contributed by atoms with Gasteiger partial charge >= 0.3 is 0 Å². The lowest BCUT2D eigenvalue weighted by Crippen LogP contribution is -2.26. The Morgan fingerprint density at radius 1 is 1.25 bits per heavy atom. The minimum Gasteiger partial charge on any atom is -0.385 e. The summed E-state index contributed by atoms with van der Waals surface area (Å²) in [4.78, 5) is 0.0335. The molecule has 20 heavy (non-hydrogen) atoms. The van der Waals surface area contributed by atoms with E-state index in [2.05, 4.69) is 10.0 Å². The van der Waals surface area contributed by atoms with Gasteiger partial charge in [0, 0.05) is 31.8 Å². The molecule has 8 heteroatoms. The van der Waals surface area contributed by atoms with Gasteiger partial charge in [-0.1, -0.05) is 23.2 Å². The molecule has 0 bridgehead atoms. The van der Waals surface area contributed by atoms with Crippen LogP contribution < -0.4 is 10.0 Å². The van der Waals surface area contributed by atoms with Crippen molar-refractivity contribution in [2.24, 2.45) is 0 Å². The molecule has 1 aromatic carbocycles. The Balaban J connectivity index is 2.96. The number of methoxy groups -OCH3 is 1. The molecule has 2 N–H and O–H groups in total. The number of hydrogen-bond donors (Lipinski definition) is 2. The molecule has 1 rings (SSSR count). The minimum atomic E-state index is -3.65. The summed E-state index contributed by atoms with van der Waals surface area (Å²) in [6.45, 7) is 1.24. The Hall–Kier alpha value is -0.370. The van der Waals surface area contributed by atoms with Gasteiger partial charge in [-0.2, -0.15) is 0 Å². The van der Waals surface area contributed by atoms with Crippen molar-refractivity contribution in [1.82, 2.24) is 10.0 Å². The van der Waals surface area contributed by atoms with Crippen molar-refractivity contribution in [2.45, 2.75) is 17.9 Å². The van der Waals surface area contributed by atoms with Gasteiger partial charge in [0.15, 0.2) is 0 Å². The summed E-state index contributed by atoms with van der Waals surface area (Å²) in [5, 5.41) is 3.46. The van der Waals surface area contributed by atoms with E-state index in [-0.39, 0.29) is 16.5 Å². The van der Waals surface area contributed by atoms with E-state index in [4.69, 9.17) is 27.9 Å². The van der Waals surface area contributed by atoms with Crippen molar-refractivity contribution < 1.29 is 13.2 Å². The van der Waals surface area contributed by atoms with E-state index in [1.807, 2.05) is 0 Å². The van der Waals surface area contributed by atoms with Crippen molar-refractivity contribution in [3.05, 3.63) is 27.7 Å². The number of nitrogens with one attached hydrogen (secondary N) is 2. The van der Waals surface area contributed by atoms with Crippen LogP contribution in [0.2, 0.25) is 10.0 Å². The molecule has 0 heterocycles. The lowest BCUT2D eigenvalue weighted by atomic mass is 10.2. The molecule has 114 valence electrons. The van der Waals surface area contributed by atoms with Crippen LogP contribution in [0.15, 0.2) is 17.0 Å². The predicted molar refractivity (Wildman–Crippen MR) is 80.9 cm³/mol. The van der Waals surface area contributed by atoms with Crippen LogP contribution in [0.3, 0.4) is 0 Å². The summed E-state index contributed by atoms with van der Waals surface area (Å²) in [6.07, 6.45) is 0.588. The topological polar surface area (TPSA) is 67.4 Å². The van der Waals surface area contributed by atoms with Crippen LogP contribution in [0.25, 0.3) is 0 Å². The zero-order valence-electron chi connectivity index (χ0n) is 11.4. The van der Waals surface area contributed by atoms with Gasteiger partial charge < -0.3 is 10.1 Å². The van der Waals surface area contributed by atoms with E-state index >= 15 is 0 Å². The maximum absolute atomic E-state index is 12.2. The summed E-state index contributed by atoms with van der Waals surface area (Å²) in [5.41, 5.74) is 0.677. The van der Waals surface area contributed by atoms with E-state index in [9.17, 15) is 8.42 Å². The first-order valence-electron chi connectivity index (χ1n) is 6.03. The smallest absolute Gasteiger partial charge is 0.242 e. The van der Waals surface area contributed by atoms with Crippen LogP contribution in [0.4, 0.5) is 0 Å².